The number of carbonyl (C=O) groups excluding carboxylic acids is 1. The molecule has 1 fully saturated rings. The topological polar surface area (TPSA) is 62.2 Å². The number of amides is 1. The largest absolute Gasteiger partial charge is 0.389 e. The van der Waals surface area contributed by atoms with Gasteiger partial charge in [0.1, 0.15) is 0 Å². The van der Waals surface area contributed by atoms with E-state index < -0.39 is 5.60 Å². The smallest absolute Gasteiger partial charge is 0.223 e. The molecule has 4 heteroatoms. The second kappa shape index (κ2) is 7.79. The number of hydrogen-bond donors (Lipinski definition) is 2. The molecule has 2 aromatic rings. The van der Waals surface area contributed by atoms with E-state index in [0.29, 0.717) is 19.3 Å². The van der Waals surface area contributed by atoms with Gasteiger partial charge in [0.05, 0.1) is 23.8 Å². The number of aromatic nitrogens is 1. The molecule has 0 saturated heterocycles. The van der Waals surface area contributed by atoms with Crippen LogP contribution in [0.2, 0.25) is 0 Å². The van der Waals surface area contributed by atoms with Crippen molar-refractivity contribution < 1.29 is 9.90 Å². The predicted molar refractivity (Wildman–Crippen MR) is 98.0 cm³/mol. The molecule has 1 aromatic carbocycles. The van der Waals surface area contributed by atoms with Gasteiger partial charge in [-0.05, 0) is 43.9 Å². The Morgan fingerprint density at radius 3 is 2.56 bits per heavy atom. The molecule has 0 spiro atoms. The number of nitrogens with zero attached hydrogens (tertiary/aromatic N) is 1. The molecule has 1 heterocycles. The van der Waals surface area contributed by atoms with Crippen molar-refractivity contribution in [2.75, 3.05) is 0 Å². The van der Waals surface area contributed by atoms with Crippen molar-refractivity contribution in [3.8, 4) is 0 Å². The average molecular weight is 338 g/mol. The van der Waals surface area contributed by atoms with Crippen molar-refractivity contribution in [2.24, 2.45) is 0 Å². The second-order valence-electron chi connectivity index (χ2n) is 7.17. The van der Waals surface area contributed by atoms with E-state index >= 15 is 0 Å². The molecule has 0 bridgehead atoms. The molecule has 1 amide bonds. The summed E-state index contributed by atoms with van der Waals surface area (Å²) in [5, 5.41) is 13.6. The molecule has 4 nitrogen and oxygen atoms in total. The number of carbonyl (C=O) groups is 1. The number of nitrogens with one attached hydrogen (secondary N) is 1. The van der Waals surface area contributed by atoms with Gasteiger partial charge in [0.25, 0.3) is 0 Å². The minimum absolute atomic E-state index is 0.104. The van der Waals surface area contributed by atoms with E-state index in [9.17, 15) is 9.90 Å². The van der Waals surface area contributed by atoms with Gasteiger partial charge in [0.15, 0.2) is 0 Å². The number of benzene rings is 1. The summed E-state index contributed by atoms with van der Waals surface area (Å²) in [6.07, 6.45) is 6.02. The summed E-state index contributed by atoms with van der Waals surface area (Å²) < 4.78 is 0. The first-order valence-electron chi connectivity index (χ1n) is 9.02. The van der Waals surface area contributed by atoms with E-state index in [4.69, 9.17) is 0 Å². The van der Waals surface area contributed by atoms with Crippen LogP contribution < -0.4 is 5.32 Å². The Morgan fingerprint density at radius 2 is 1.92 bits per heavy atom. The maximum atomic E-state index is 12.5. The van der Waals surface area contributed by atoms with Crippen molar-refractivity contribution >= 4 is 5.91 Å². The summed E-state index contributed by atoms with van der Waals surface area (Å²) in [6.45, 7) is 2.06. The highest BCUT2D eigenvalue weighted by Crippen LogP contribution is 2.32. The summed E-state index contributed by atoms with van der Waals surface area (Å²) in [4.78, 5) is 17.0. The van der Waals surface area contributed by atoms with Gasteiger partial charge in [-0.25, -0.2) is 0 Å². The minimum Gasteiger partial charge on any atom is -0.389 e. The Balaban J connectivity index is 1.72. The molecule has 1 atom stereocenters. The zero-order valence-electron chi connectivity index (χ0n) is 14.7. The zero-order chi connectivity index (χ0) is 17.7. The molecule has 25 heavy (non-hydrogen) atoms. The van der Waals surface area contributed by atoms with Crippen LogP contribution in [0.5, 0.6) is 0 Å². The van der Waals surface area contributed by atoms with E-state index in [2.05, 4.69) is 41.5 Å². The Morgan fingerprint density at radius 1 is 1.20 bits per heavy atom. The number of aryl methyl sites for hydroxylation is 1. The molecule has 1 aromatic heterocycles. The fourth-order valence-corrected chi connectivity index (χ4v) is 3.53. The van der Waals surface area contributed by atoms with Crippen LogP contribution in [0.3, 0.4) is 0 Å². The van der Waals surface area contributed by atoms with Gasteiger partial charge in [0, 0.05) is 6.20 Å². The molecule has 0 aliphatic heterocycles. The van der Waals surface area contributed by atoms with E-state index in [1.54, 1.807) is 6.20 Å². The van der Waals surface area contributed by atoms with Gasteiger partial charge in [-0.2, -0.15) is 0 Å². The molecule has 132 valence electrons. The van der Waals surface area contributed by atoms with Gasteiger partial charge in [-0.1, -0.05) is 48.7 Å². The van der Waals surface area contributed by atoms with E-state index in [1.165, 1.54) is 5.56 Å². The first-order valence-corrected chi connectivity index (χ1v) is 9.02. The Hall–Kier alpha value is -2.20. The quantitative estimate of drug-likeness (QED) is 0.847. The SMILES string of the molecule is Cc1ccc(CC(NC(=O)CC2(O)CCCC2)c2ccccn2)cc1. The van der Waals surface area contributed by atoms with Crippen LogP contribution in [0.1, 0.15) is 55.0 Å². The van der Waals surface area contributed by atoms with Crippen LogP contribution >= 0.6 is 0 Å². The van der Waals surface area contributed by atoms with Crippen molar-refractivity contribution in [3.05, 3.63) is 65.5 Å². The first-order chi connectivity index (χ1) is 12.0. The third kappa shape index (κ3) is 4.89. The number of aliphatic hydroxyl groups is 1. The summed E-state index contributed by atoms with van der Waals surface area (Å²) >= 11 is 0. The third-order valence-corrected chi connectivity index (χ3v) is 4.96. The normalized spacial score (nSPS) is 17.2. The highest BCUT2D eigenvalue weighted by Gasteiger charge is 2.34. The van der Waals surface area contributed by atoms with Gasteiger partial charge in [-0.3, -0.25) is 9.78 Å². The average Bonchev–Trinajstić information content (AvgIpc) is 3.03. The standard InChI is InChI=1S/C21H26N2O2/c1-16-7-9-17(10-8-16)14-19(18-6-2-5-13-22-18)23-20(24)15-21(25)11-3-4-12-21/h2,5-10,13,19,25H,3-4,11-12,14-15H2,1H3,(H,23,24). The molecule has 3 rings (SSSR count). The minimum atomic E-state index is -0.831. The Bertz CT molecular complexity index is 692. The molecule has 1 aliphatic carbocycles. The highest BCUT2D eigenvalue weighted by atomic mass is 16.3. The molecule has 1 aliphatic rings. The molecular weight excluding hydrogens is 312 g/mol. The maximum absolute atomic E-state index is 12.5. The lowest BCUT2D eigenvalue weighted by Crippen LogP contribution is -2.37. The van der Waals surface area contributed by atoms with E-state index in [1.807, 2.05) is 18.2 Å². The van der Waals surface area contributed by atoms with Crippen LogP contribution in [0.4, 0.5) is 0 Å². The molecule has 1 unspecified atom stereocenters. The summed E-state index contributed by atoms with van der Waals surface area (Å²) in [5.41, 5.74) is 2.38. The van der Waals surface area contributed by atoms with Crippen LogP contribution in [0.15, 0.2) is 48.7 Å². The predicted octanol–water partition coefficient (Wildman–Crippen LogP) is 3.49. The van der Waals surface area contributed by atoms with E-state index in [-0.39, 0.29) is 18.4 Å². The van der Waals surface area contributed by atoms with Crippen LogP contribution in [0, 0.1) is 6.92 Å². The summed E-state index contributed by atoms with van der Waals surface area (Å²) in [6, 6.07) is 13.9. The van der Waals surface area contributed by atoms with Crippen molar-refractivity contribution in [3.63, 3.8) is 0 Å². The molecule has 0 radical (unpaired) electrons. The van der Waals surface area contributed by atoms with Gasteiger partial charge < -0.3 is 10.4 Å². The second-order valence-corrected chi connectivity index (χ2v) is 7.17. The lowest BCUT2D eigenvalue weighted by Gasteiger charge is -2.24. The van der Waals surface area contributed by atoms with E-state index in [0.717, 1.165) is 24.1 Å². The van der Waals surface area contributed by atoms with Crippen molar-refractivity contribution in [1.29, 1.82) is 0 Å². The van der Waals surface area contributed by atoms with Crippen LogP contribution in [0.25, 0.3) is 0 Å². The van der Waals surface area contributed by atoms with Crippen molar-refractivity contribution in [1.82, 2.24) is 10.3 Å². The molecular formula is C21H26N2O2. The Labute approximate surface area is 149 Å². The number of hydrogen-bond acceptors (Lipinski definition) is 3. The maximum Gasteiger partial charge on any atom is 0.223 e. The lowest BCUT2D eigenvalue weighted by atomic mass is 9.96. The highest BCUT2D eigenvalue weighted by molar-refractivity contribution is 5.77. The van der Waals surface area contributed by atoms with Crippen molar-refractivity contribution in [2.45, 2.75) is 57.1 Å². The van der Waals surface area contributed by atoms with Crippen LogP contribution in [-0.2, 0) is 11.2 Å². The molecule has 1 saturated carbocycles. The van der Waals surface area contributed by atoms with Gasteiger partial charge in [-0.15, -0.1) is 0 Å². The third-order valence-electron chi connectivity index (χ3n) is 4.96. The Kier molecular flexibility index (Phi) is 5.49. The number of pyridine rings is 1. The molecule has 2 N–H and O–H groups in total. The van der Waals surface area contributed by atoms with Gasteiger partial charge in [0.2, 0.25) is 5.91 Å². The zero-order valence-corrected chi connectivity index (χ0v) is 14.7. The number of rotatable bonds is 6. The van der Waals surface area contributed by atoms with Gasteiger partial charge >= 0.3 is 0 Å². The summed E-state index contributed by atoms with van der Waals surface area (Å²) in [5.74, 6) is -0.104. The first kappa shape index (κ1) is 17.6. The van der Waals surface area contributed by atoms with Crippen LogP contribution in [-0.4, -0.2) is 21.6 Å². The fourth-order valence-electron chi connectivity index (χ4n) is 3.53. The monoisotopic (exact) mass is 338 g/mol. The lowest BCUT2D eigenvalue weighted by molar-refractivity contribution is -0.126. The fraction of sp³-hybridized carbons (Fsp3) is 0.429. The summed E-state index contributed by atoms with van der Waals surface area (Å²) in [7, 11) is 0.